The fraction of sp³-hybridized carbons (Fsp3) is 0.440. The van der Waals surface area contributed by atoms with Gasteiger partial charge in [0.2, 0.25) is 21.8 Å². The van der Waals surface area contributed by atoms with Gasteiger partial charge in [-0.15, -0.1) is 0 Å². The lowest BCUT2D eigenvalue weighted by Crippen LogP contribution is -2.49. The molecule has 2 aromatic rings. The first-order chi connectivity index (χ1) is 15.9. The monoisotopic (exact) mass is 487 g/mol. The lowest BCUT2D eigenvalue weighted by Gasteiger charge is -2.33. The van der Waals surface area contributed by atoms with Gasteiger partial charge in [0, 0.05) is 31.6 Å². The second-order valence-corrected chi connectivity index (χ2v) is 11.4. The highest BCUT2D eigenvalue weighted by molar-refractivity contribution is 7.89. The van der Waals surface area contributed by atoms with Crippen LogP contribution in [0, 0.1) is 6.92 Å². The zero-order valence-electron chi connectivity index (χ0n) is 20.4. The fourth-order valence-electron chi connectivity index (χ4n) is 3.91. The molecule has 34 heavy (non-hydrogen) atoms. The van der Waals surface area contributed by atoms with Crippen LogP contribution in [0.25, 0.3) is 0 Å². The molecule has 2 amide bonds. The van der Waals surface area contributed by atoms with Crippen LogP contribution in [0.15, 0.2) is 53.4 Å². The van der Waals surface area contributed by atoms with Gasteiger partial charge in [0.15, 0.2) is 0 Å². The average molecular weight is 488 g/mol. The number of carbonyl (C=O) groups is 2. The van der Waals surface area contributed by atoms with Crippen LogP contribution < -0.4 is 10.1 Å². The average Bonchev–Trinajstić information content (AvgIpc) is 2.95. The molecule has 9 heteroatoms. The van der Waals surface area contributed by atoms with E-state index in [9.17, 15) is 18.0 Å². The molecule has 0 saturated carbocycles. The van der Waals surface area contributed by atoms with E-state index >= 15 is 0 Å². The predicted molar refractivity (Wildman–Crippen MR) is 130 cm³/mol. The first kappa shape index (κ1) is 25.7. The number of sulfonamides is 1. The maximum absolute atomic E-state index is 13.4. The van der Waals surface area contributed by atoms with E-state index < -0.39 is 21.6 Å². The van der Waals surface area contributed by atoms with E-state index in [0.29, 0.717) is 11.3 Å². The number of aryl methyl sites for hydroxylation is 1. The Bertz CT molecular complexity index is 1140. The number of nitrogens with zero attached hydrogens (tertiary/aromatic N) is 2. The molecular formula is C25H33N3O5S. The Morgan fingerprint density at radius 1 is 1.06 bits per heavy atom. The number of methoxy groups -OCH3 is 1. The number of amides is 2. The topological polar surface area (TPSA) is 96.0 Å². The highest BCUT2D eigenvalue weighted by Gasteiger charge is 2.37. The summed E-state index contributed by atoms with van der Waals surface area (Å²) in [5.74, 6) is -0.0423. The van der Waals surface area contributed by atoms with Crippen molar-refractivity contribution in [3.8, 4) is 5.75 Å². The Hall–Kier alpha value is -2.91. The van der Waals surface area contributed by atoms with Crippen molar-refractivity contribution in [2.24, 2.45) is 0 Å². The third-order valence-corrected chi connectivity index (χ3v) is 7.53. The number of ether oxygens (including phenoxy) is 1. The molecule has 0 aromatic heterocycles. The molecule has 0 bridgehead atoms. The first-order valence-electron chi connectivity index (χ1n) is 11.2. The third kappa shape index (κ3) is 5.95. The van der Waals surface area contributed by atoms with Gasteiger partial charge < -0.3 is 15.0 Å². The van der Waals surface area contributed by atoms with Crippen molar-refractivity contribution in [2.45, 2.75) is 50.6 Å². The minimum atomic E-state index is -3.77. The number of nitrogens with one attached hydrogen (secondary N) is 1. The zero-order valence-corrected chi connectivity index (χ0v) is 21.2. The van der Waals surface area contributed by atoms with Gasteiger partial charge >= 0.3 is 0 Å². The van der Waals surface area contributed by atoms with Crippen LogP contribution in [-0.2, 0) is 19.6 Å². The molecule has 1 fully saturated rings. The standard InChI is InChI=1S/C25H33N3O5S/c1-18-9-11-21(12-10-18)34(31,32)27-14-13-22(29)28(16-15-27)23(24(30)26-25(2,3)4)19-7-6-8-20(17-19)33-5/h6-12,17,23H,13-16H2,1-5H3,(H,26,30). The maximum Gasteiger partial charge on any atom is 0.247 e. The van der Waals surface area contributed by atoms with Gasteiger partial charge in [0.1, 0.15) is 11.8 Å². The SMILES string of the molecule is COc1cccc(C(C(=O)NC(C)(C)C)N2CCN(S(=O)(=O)c3ccc(C)cc3)CCC2=O)c1. The number of benzene rings is 2. The summed E-state index contributed by atoms with van der Waals surface area (Å²) in [6, 6.07) is 12.8. The summed E-state index contributed by atoms with van der Waals surface area (Å²) in [6.45, 7) is 7.72. The molecule has 1 aliphatic heterocycles. The molecule has 8 nitrogen and oxygen atoms in total. The van der Waals surface area contributed by atoms with E-state index in [2.05, 4.69) is 5.32 Å². The molecule has 1 heterocycles. The zero-order chi connectivity index (χ0) is 25.1. The van der Waals surface area contributed by atoms with Gasteiger partial charge in [-0.2, -0.15) is 4.31 Å². The van der Waals surface area contributed by atoms with Crippen molar-refractivity contribution in [3.63, 3.8) is 0 Å². The van der Waals surface area contributed by atoms with Crippen molar-refractivity contribution in [1.82, 2.24) is 14.5 Å². The maximum atomic E-state index is 13.4. The van der Waals surface area contributed by atoms with Crippen molar-refractivity contribution < 1.29 is 22.7 Å². The van der Waals surface area contributed by atoms with Crippen molar-refractivity contribution in [1.29, 1.82) is 0 Å². The van der Waals surface area contributed by atoms with Gasteiger partial charge in [-0.1, -0.05) is 29.8 Å². The molecule has 0 radical (unpaired) electrons. The summed E-state index contributed by atoms with van der Waals surface area (Å²) in [5, 5.41) is 2.96. The summed E-state index contributed by atoms with van der Waals surface area (Å²) in [4.78, 5) is 28.2. The Kier molecular flexibility index (Phi) is 7.67. The first-order valence-corrected chi connectivity index (χ1v) is 12.7. The molecule has 2 aromatic carbocycles. The van der Waals surface area contributed by atoms with Crippen LogP contribution in [-0.4, -0.2) is 61.7 Å². The van der Waals surface area contributed by atoms with Gasteiger partial charge in [0.05, 0.1) is 12.0 Å². The lowest BCUT2D eigenvalue weighted by atomic mass is 10.0. The molecule has 1 saturated heterocycles. The minimum absolute atomic E-state index is 0.0195. The van der Waals surface area contributed by atoms with E-state index in [0.717, 1.165) is 5.56 Å². The Morgan fingerprint density at radius 3 is 2.35 bits per heavy atom. The van der Waals surface area contributed by atoms with Crippen molar-refractivity contribution in [3.05, 3.63) is 59.7 Å². The van der Waals surface area contributed by atoms with Gasteiger partial charge in [0.25, 0.3) is 0 Å². The molecule has 184 valence electrons. The molecule has 3 rings (SSSR count). The molecular weight excluding hydrogens is 454 g/mol. The van der Waals surface area contributed by atoms with Crippen molar-refractivity contribution >= 4 is 21.8 Å². The molecule has 1 unspecified atom stereocenters. The summed E-state index contributed by atoms with van der Waals surface area (Å²) in [7, 11) is -2.23. The highest BCUT2D eigenvalue weighted by atomic mass is 32.2. The second kappa shape index (κ2) is 10.1. The quantitative estimate of drug-likeness (QED) is 0.676. The Morgan fingerprint density at radius 2 is 1.74 bits per heavy atom. The summed E-state index contributed by atoms with van der Waals surface area (Å²) in [6.07, 6.45) is -0.0195. The largest absolute Gasteiger partial charge is 0.497 e. The lowest BCUT2D eigenvalue weighted by molar-refractivity contribution is -0.140. The number of hydrogen-bond acceptors (Lipinski definition) is 5. The number of rotatable bonds is 6. The van der Waals surface area contributed by atoms with Gasteiger partial charge in [-0.3, -0.25) is 9.59 Å². The molecule has 1 aliphatic rings. The van der Waals surface area contributed by atoms with Crippen LogP contribution in [0.3, 0.4) is 0 Å². The van der Waals surface area contributed by atoms with E-state index in [1.165, 1.54) is 16.3 Å². The smallest absolute Gasteiger partial charge is 0.247 e. The van der Waals surface area contributed by atoms with Crippen LogP contribution in [0.2, 0.25) is 0 Å². The van der Waals surface area contributed by atoms with Gasteiger partial charge in [-0.25, -0.2) is 8.42 Å². The normalized spacial score (nSPS) is 16.6. The van der Waals surface area contributed by atoms with Crippen LogP contribution in [0.1, 0.15) is 44.4 Å². The van der Waals surface area contributed by atoms with E-state index in [1.807, 2.05) is 27.7 Å². The van der Waals surface area contributed by atoms with E-state index in [1.54, 1.807) is 48.5 Å². The third-order valence-electron chi connectivity index (χ3n) is 5.61. The fourth-order valence-corrected chi connectivity index (χ4v) is 5.35. The predicted octanol–water partition coefficient (Wildman–Crippen LogP) is 2.88. The molecule has 0 spiro atoms. The number of hydrogen-bond donors (Lipinski definition) is 1. The van der Waals surface area contributed by atoms with Crippen molar-refractivity contribution in [2.75, 3.05) is 26.7 Å². The van der Waals surface area contributed by atoms with E-state index in [4.69, 9.17) is 4.74 Å². The minimum Gasteiger partial charge on any atom is -0.497 e. The highest BCUT2D eigenvalue weighted by Crippen LogP contribution is 2.28. The summed E-state index contributed by atoms with van der Waals surface area (Å²) in [5.41, 5.74) is 1.05. The Balaban J connectivity index is 1.93. The second-order valence-electron chi connectivity index (χ2n) is 9.47. The summed E-state index contributed by atoms with van der Waals surface area (Å²) < 4.78 is 33.1. The van der Waals surface area contributed by atoms with Gasteiger partial charge in [-0.05, 0) is 57.5 Å². The van der Waals surface area contributed by atoms with E-state index in [-0.39, 0.29) is 42.8 Å². The molecule has 1 atom stereocenters. The van der Waals surface area contributed by atoms with Crippen LogP contribution in [0.4, 0.5) is 0 Å². The summed E-state index contributed by atoms with van der Waals surface area (Å²) >= 11 is 0. The molecule has 1 N–H and O–H groups in total. The number of carbonyl (C=O) groups excluding carboxylic acids is 2. The Labute approximate surface area is 201 Å². The van der Waals surface area contributed by atoms with Crippen LogP contribution in [0.5, 0.6) is 5.75 Å². The molecule has 0 aliphatic carbocycles. The van der Waals surface area contributed by atoms with Crippen LogP contribution >= 0.6 is 0 Å².